The Balaban J connectivity index is 0.000000316. The SMILES string of the molecule is O=c1[nH]ncc(Cl)c1Cl.O=c1c(Cl)c(Cl)cnn1CCCCn1ncc(Cl)c(Cl)c1=O. The van der Waals surface area contributed by atoms with Crippen molar-refractivity contribution in [2.75, 3.05) is 0 Å². The maximum atomic E-state index is 11.8. The van der Waals surface area contributed by atoms with Crippen molar-refractivity contribution in [2.45, 2.75) is 25.9 Å². The summed E-state index contributed by atoms with van der Waals surface area (Å²) in [7, 11) is 0. The summed E-state index contributed by atoms with van der Waals surface area (Å²) in [6, 6.07) is 0. The van der Waals surface area contributed by atoms with Gasteiger partial charge in [-0.25, -0.2) is 14.5 Å². The van der Waals surface area contributed by atoms with E-state index in [9.17, 15) is 14.4 Å². The zero-order chi connectivity index (χ0) is 23.1. The van der Waals surface area contributed by atoms with Gasteiger partial charge in [0.15, 0.2) is 0 Å². The van der Waals surface area contributed by atoms with E-state index in [1.165, 1.54) is 28.0 Å². The quantitative estimate of drug-likeness (QED) is 0.482. The molecule has 0 amide bonds. The van der Waals surface area contributed by atoms with Crippen molar-refractivity contribution >= 4 is 69.6 Å². The predicted octanol–water partition coefficient (Wildman–Crippen LogP) is 3.97. The summed E-state index contributed by atoms with van der Waals surface area (Å²) in [5.41, 5.74) is -1.36. The van der Waals surface area contributed by atoms with Gasteiger partial charge in [0.2, 0.25) is 0 Å². The molecule has 0 bridgehead atoms. The van der Waals surface area contributed by atoms with Crippen molar-refractivity contribution in [1.82, 2.24) is 29.8 Å². The highest BCUT2D eigenvalue weighted by atomic mass is 35.5. The molecule has 0 spiro atoms. The van der Waals surface area contributed by atoms with E-state index in [0.717, 1.165) is 0 Å². The summed E-state index contributed by atoms with van der Waals surface area (Å²) >= 11 is 33.7. The maximum absolute atomic E-state index is 11.8. The van der Waals surface area contributed by atoms with Crippen molar-refractivity contribution in [1.29, 1.82) is 0 Å². The van der Waals surface area contributed by atoms with Crippen LogP contribution in [0.15, 0.2) is 33.0 Å². The number of H-pyrrole nitrogens is 1. The van der Waals surface area contributed by atoms with E-state index >= 15 is 0 Å². The lowest BCUT2D eigenvalue weighted by atomic mass is 10.3. The molecule has 31 heavy (non-hydrogen) atoms. The second kappa shape index (κ2) is 11.8. The van der Waals surface area contributed by atoms with Crippen LogP contribution in [0, 0.1) is 0 Å². The molecule has 0 unspecified atom stereocenters. The summed E-state index contributed by atoms with van der Waals surface area (Å²) in [6.07, 6.45) is 5.09. The molecular formula is C16H12Cl6N6O3. The molecule has 0 fully saturated rings. The van der Waals surface area contributed by atoms with E-state index in [0.29, 0.717) is 25.9 Å². The number of aryl methyl sites for hydroxylation is 2. The molecule has 0 aliphatic heterocycles. The number of aromatic amines is 1. The van der Waals surface area contributed by atoms with E-state index in [4.69, 9.17) is 69.6 Å². The van der Waals surface area contributed by atoms with Gasteiger partial charge in [-0.15, -0.1) is 0 Å². The van der Waals surface area contributed by atoms with Crippen LogP contribution in [0.3, 0.4) is 0 Å². The smallest absolute Gasteiger partial charge is 0.266 e. The van der Waals surface area contributed by atoms with Crippen LogP contribution < -0.4 is 16.7 Å². The van der Waals surface area contributed by atoms with Crippen molar-refractivity contribution in [3.05, 3.63) is 79.8 Å². The highest BCUT2D eigenvalue weighted by molar-refractivity contribution is 6.42. The third-order valence-corrected chi connectivity index (χ3v) is 5.88. The third kappa shape index (κ3) is 6.93. The number of hydrogen-bond donors (Lipinski definition) is 1. The minimum Gasteiger partial charge on any atom is -0.266 e. The molecule has 15 heteroatoms. The maximum Gasteiger partial charge on any atom is 0.287 e. The molecule has 0 radical (unpaired) electrons. The average molecular weight is 549 g/mol. The van der Waals surface area contributed by atoms with E-state index in [1.54, 1.807) is 0 Å². The van der Waals surface area contributed by atoms with Crippen LogP contribution in [0.4, 0.5) is 0 Å². The second-order valence-electron chi connectivity index (χ2n) is 5.74. The lowest BCUT2D eigenvalue weighted by Gasteiger charge is -2.07. The fraction of sp³-hybridized carbons (Fsp3) is 0.250. The van der Waals surface area contributed by atoms with Gasteiger partial charge in [0.1, 0.15) is 15.1 Å². The predicted molar refractivity (Wildman–Crippen MR) is 121 cm³/mol. The molecule has 3 aromatic heterocycles. The Morgan fingerprint density at radius 3 is 1.48 bits per heavy atom. The average Bonchev–Trinajstić information content (AvgIpc) is 2.75. The molecule has 3 heterocycles. The van der Waals surface area contributed by atoms with Crippen molar-refractivity contribution < 1.29 is 0 Å². The molecule has 3 rings (SSSR count). The van der Waals surface area contributed by atoms with E-state index < -0.39 is 16.7 Å². The van der Waals surface area contributed by atoms with E-state index in [2.05, 4.69) is 20.4 Å². The van der Waals surface area contributed by atoms with Crippen molar-refractivity contribution in [3.63, 3.8) is 0 Å². The monoisotopic (exact) mass is 546 g/mol. The van der Waals surface area contributed by atoms with Crippen LogP contribution in [0.5, 0.6) is 0 Å². The number of nitrogens with one attached hydrogen (secondary N) is 1. The molecule has 0 aromatic carbocycles. The van der Waals surface area contributed by atoms with Crippen LogP contribution >= 0.6 is 69.6 Å². The molecule has 0 saturated heterocycles. The van der Waals surface area contributed by atoms with Gasteiger partial charge in [-0.3, -0.25) is 14.4 Å². The van der Waals surface area contributed by atoms with Gasteiger partial charge in [0, 0.05) is 13.1 Å². The number of unbranched alkanes of at least 4 members (excludes halogenated alkanes) is 1. The van der Waals surface area contributed by atoms with Crippen LogP contribution in [-0.2, 0) is 13.1 Å². The molecular weight excluding hydrogens is 537 g/mol. The number of rotatable bonds is 5. The first-order valence-corrected chi connectivity index (χ1v) is 10.6. The first-order valence-electron chi connectivity index (χ1n) is 8.34. The van der Waals surface area contributed by atoms with Crippen LogP contribution in [0.25, 0.3) is 0 Å². The van der Waals surface area contributed by atoms with Gasteiger partial charge in [0.05, 0.1) is 33.7 Å². The minimum absolute atomic E-state index is 0.0216. The van der Waals surface area contributed by atoms with Crippen molar-refractivity contribution in [3.8, 4) is 0 Å². The Labute approximate surface area is 204 Å². The van der Waals surface area contributed by atoms with Gasteiger partial charge in [0.25, 0.3) is 16.7 Å². The van der Waals surface area contributed by atoms with Crippen molar-refractivity contribution in [2.24, 2.45) is 0 Å². The minimum atomic E-state index is -0.468. The van der Waals surface area contributed by atoms with Crippen LogP contribution in [-0.4, -0.2) is 29.8 Å². The summed E-state index contributed by atoms with van der Waals surface area (Å²) in [4.78, 5) is 34.1. The number of nitrogens with zero attached hydrogens (tertiary/aromatic N) is 5. The topological polar surface area (TPSA) is 116 Å². The van der Waals surface area contributed by atoms with Gasteiger partial charge in [-0.2, -0.15) is 15.3 Å². The number of aromatic nitrogens is 6. The zero-order valence-corrected chi connectivity index (χ0v) is 19.8. The molecule has 9 nitrogen and oxygen atoms in total. The molecule has 0 aliphatic carbocycles. The highest BCUT2D eigenvalue weighted by Crippen LogP contribution is 2.16. The Morgan fingerprint density at radius 2 is 1.10 bits per heavy atom. The lowest BCUT2D eigenvalue weighted by molar-refractivity contribution is 0.477. The Kier molecular flexibility index (Phi) is 9.80. The fourth-order valence-corrected chi connectivity index (χ4v) is 2.86. The van der Waals surface area contributed by atoms with Crippen LogP contribution in [0.1, 0.15) is 12.8 Å². The Morgan fingerprint density at radius 1 is 0.677 bits per heavy atom. The summed E-state index contributed by atoms with van der Waals surface area (Å²) in [5.74, 6) is 0. The normalized spacial score (nSPS) is 10.5. The largest absolute Gasteiger partial charge is 0.287 e. The molecule has 3 aromatic rings. The van der Waals surface area contributed by atoms with Gasteiger partial charge >= 0.3 is 0 Å². The Hall–Kier alpha value is -1.62. The van der Waals surface area contributed by atoms with Gasteiger partial charge in [-0.1, -0.05) is 69.6 Å². The number of hydrogen-bond acceptors (Lipinski definition) is 6. The summed E-state index contributed by atoms with van der Waals surface area (Å²) in [5, 5.41) is 13.6. The van der Waals surface area contributed by atoms with E-state index in [-0.39, 0.29) is 30.1 Å². The highest BCUT2D eigenvalue weighted by Gasteiger charge is 2.09. The lowest BCUT2D eigenvalue weighted by Crippen LogP contribution is -2.25. The molecule has 1 N–H and O–H groups in total. The molecule has 0 saturated carbocycles. The third-order valence-electron chi connectivity index (χ3n) is 3.63. The van der Waals surface area contributed by atoms with Gasteiger partial charge in [-0.05, 0) is 12.8 Å². The molecule has 0 atom stereocenters. The molecule has 166 valence electrons. The van der Waals surface area contributed by atoms with Gasteiger partial charge < -0.3 is 0 Å². The number of halogens is 6. The summed E-state index contributed by atoms with van der Waals surface area (Å²) < 4.78 is 2.44. The standard InChI is InChI=1S/C12H10Cl4N4O2.C4H2Cl2N2O/c13-7-5-17-19(11(21)9(7)15)3-1-2-4-20-12(22)10(16)8(14)6-18-20;5-2-1-7-8-4(9)3(2)6/h5-6H,1-4H2;1H,(H,8,9). The zero-order valence-electron chi connectivity index (χ0n) is 15.3. The first-order chi connectivity index (χ1) is 14.6. The first kappa shape index (κ1) is 25.6. The summed E-state index contributed by atoms with van der Waals surface area (Å²) in [6.45, 7) is 0.706. The fourth-order valence-electron chi connectivity index (χ4n) is 2.09. The second-order valence-corrected chi connectivity index (χ2v) is 8.09. The molecule has 0 aliphatic rings. The van der Waals surface area contributed by atoms with E-state index in [1.807, 2.05) is 0 Å². The van der Waals surface area contributed by atoms with Crippen LogP contribution in [0.2, 0.25) is 30.1 Å². The Bertz CT molecular complexity index is 1170.